The number of allylic oxidation sites excluding steroid dienone is 1. The van der Waals surface area contributed by atoms with Crippen molar-refractivity contribution < 1.29 is 28.2 Å². The first-order valence-electron chi connectivity index (χ1n) is 16.3. The van der Waals surface area contributed by atoms with Gasteiger partial charge in [0.05, 0.1) is 25.9 Å². The zero-order valence-electron chi connectivity index (χ0n) is 29.1. The molecule has 2 aromatic carbocycles. The van der Waals surface area contributed by atoms with Crippen LogP contribution in [0.25, 0.3) is 17.7 Å². The van der Waals surface area contributed by atoms with E-state index >= 15 is 0 Å². The second-order valence-corrected chi connectivity index (χ2v) is 24.9. The van der Waals surface area contributed by atoms with Crippen molar-refractivity contribution in [1.29, 1.82) is 0 Å². The van der Waals surface area contributed by atoms with Crippen LogP contribution in [-0.2, 0) is 9.16 Å². The van der Waals surface area contributed by atoms with Crippen molar-refractivity contribution in [2.75, 3.05) is 19.8 Å². The Morgan fingerprint density at radius 2 is 1.62 bits per heavy atom. The molecular formula is C37H52O6Si2. The fourth-order valence-electron chi connectivity index (χ4n) is 5.48. The first-order valence-corrected chi connectivity index (χ1v) is 22.1. The predicted octanol–water partition coefficient (Wildman–Crippen LogP) is 8.35. The minimum atomic E-state index is -2.21. The number of fused-ring (bicyclic) bond motifs is 4. The fraction of sp³-hybridized carbons (Fsp3) is 0.514. The molecule has 0 saturated carbocycles. The molecule has 1 N–H and O–H groups in total. The summed E-state index contributed by atoms with van der Waals surface area (Å²) in [6, 6.07) is 7.66. The summed E-state index contributed by atoms with van der Waals surface area (Å²) in [5.74, 6) is 3.42. The molecular weight excluding hydrogens is 597 g/mol. The van der Waals surface area contributed by atoms with Crippen molar-refractivity contribution in [3.63, 3.8) is 0 Å². The number of aromatic hydroxyl groups is 1. The number of benzene rings is 2. The molecule has 5 rings (SSSR count). The highest BCUT2D eigenvalue weighted by atomic mass is 28.4. The Kier molecular flexibility index (Phi) is 8.92. The molecule has 1 atom stereocenters. The molecule has 8 heteroatoms. The van der Waals surface area contributed by atoms with Crippen LogP contribution in [0.3, 0.4) is 0 Å². The molecule has 2 aliphatic heterocycles. The zero-order chi connectivity index (χ0) is 32.9. The first kappa shape index (κ1) is 33.4. The van der Waals surface area contributed by atoms with E-state index in [0.717, 1.165) is 56.4 Å². The van der Waals surface area contributed by atoms with Crippen LogP contribution in [0.15, 0.2) is 41.7 Å². The lowest BCUT2D eigenvalue weighted by atomic mass is 9.90. The van der Waals surface area contributed by atoms with Gasteiger partial charge in [0.15, 0.2) is 0 Å². The minimum absolute atomic E-state index is 0.0237. The van der Waals surface area contributed by atoms with Crippen LogP contribution in [-0.4, -0.2) is 41.6 Å². The summed E-state index contributed by atoms with van der Waals surface area (Å²) in [5.41, 5.74) is 3.96. The number of hydrogen-bond donors (Lipinski definition) is 1. The molecule has 0 bridgehead atoms. The van der Waals surface area contributed by atoms with E-state index in [1.54, 1.807) is 6.07 Å². The van der Waals surface area contributed by atoms with Crippen LogP contribution < -0.4 is 24.3 Å². The predicted molar refractivity (Wildman–Crippen MR) is 188 cm³/mol. The van der Waals surface area contributed by atoms with E-state index in [2.05, 4.69) is 92.0 Å². The van der Waals surface area contributed by atoms with Crippen LogP contribution >= 0.6 is 0 Å². The average molecular weight is 649 g/mol. The van der Waals surface area contributed by atoms with Gasteiger partial charge in [0.25, 0.3) is 8.32 Å². The first-order chi connectivity index (χ1) is 20.9. The third-order valence-electron chi connectivity index (χ3n) is 10.2. The highest BCUT2D eigenvalue weighted by molar-refractivity contribution is 6.75. The van der Waals surface area contributed by atoms with E-state index < -0.39 is 16.6 Å². The fourth-order valence-corrected chi connectivity index (χ4v) is 7.51. The molecule has 244 valence electrons. The van der Waals surface area contributed by atoms with Crippen LogP contribution in [0.4, 0.5) is 0 Å². The monoisotopic (exact) mass is 648 g/mol. The number of rotatable bonds is 7. The molecule has 1 fully saturated rings. The molecule has 0 unspecified atom stereocenters. The Morgan fingerprint density at radius 3 is 2.27 bits per heavy atom. The van der Waals surface area contributed by atoms with E-state index in [-0.39, 0.29) is 21.9 Å². The highest BCUT2D eigenvalue weighted by Crippen LogP contribution is 2.44. The minimum Gasteiger partial charge on any atom is -0.543 e. The second kappa shape index (κ2) is 12.0. The third-order valence-corrected chi connectivity index (χ3v) is 18.9. The van der Waals surface area contributed by atoms with Crippen molar-refractivity contribution in [2.24, 2.45) is 0 Å². The van der Waals surface area contributed by atoms with Gasteiger partial charge in [0.2, 0.25) is 8.32 Å². The van der Waals surface area contributed by atoms with Crippen LogP contribution in [0.5, 0.6) is 23.0 Å². The summed E-state index contributed by atoms with van der Waals surface area (Å²) in [6.07, 6.45) is 7.75. The van der Waals surface area contributed by atoms with Gasteiger partial charge in [-0.05, 0) is 84.7 Å². The maximum Gasteiger partial charge on any atom is 0.250 e. The molecule has 45 heavy (non-hydrogen) atoms. The zero-order valence-corrected chi connectivity index (χ0v) is 31.1. The van der Waals surface area contributed by atoms with Crippen LogP contribution in [0, 0.1) is 0 Å². The van der Waals surface area contributed by atoms with Gasteiger partial charge < -0.3 is 28.2 Å². The van der Waals surface area contributed by atoms with E-state index in [1.165, 1.54) is 0 Å². The Bertz CT molecular complexity index is 1650. The molecule has 1 saturated heterocycles. The summed E-state index contributed by atoms with van der Waals surface area (Å²) < 4.78 is 32.8. The van der Waals surface area contributed by atoms with E-state index in [4.69, 9.17) is 23.1 Å². The summed E-state index contributed by atoms with van der Waals surface area (Å²) in [7, 11) is -4.40. The van der Waals surface area contributed by atoms with Gasteiger partial charge in [-0.3, -0.25) is 0 Å². The summed E-state index contributed by atoms with van der Waals surface area (Å²) in [4.78, 5) is 0. The van der Waals surface area contributed by atoms with Crippen molar-refractivity contribution in [3.8, 4) is 23.0 Å². The number of phenols is 1. The molecule has 0 radical (unpaired) electrons. The van der Waals surface area contributed by atoms with Gasteiger partial charge in [-0.2, -0.15) is 0 Å². The van der Waals surface area contributed by atoms with Gasteiger partial charge in [-0.25, -0.2) is 0 Å². The SMILES string of the molecule is CCOc1ccc([C@@H]2CC3=CC(O[Si](C)(C)C(C)(C)C)=Cc4c5c(cc(O[Si](C)(C)C(C)(C)C)c4=C3CO2)=CCCO5)c(O)c1. The lowest BCUT2D eigenvalue weighted by Gasteiger charge is -2.37. The molecule has 2 aromatic rings. The maximum atomic E-state index is 11.0. The number of hydrogen-bond acceptors (Lipinski definition) is 6. The molecule has 0 spiro atoms. The smallest absolute Gasteiger partial charge is 0.250 e. The van der Waals surface area contributed by atoms with E-state index in [9.17, 15) is 5.11 Å². The van der Waals surface area contributed by atoms with Crippen LogP contribution in [0.2, 0.25) is 36.3 Å². The lowest BCUT2D eigenvalue weighted by molar-refractivity contribution is 0.0654. The highest BCUT2D eigenvalue weighted by Gasteiger charge is 2.41. The average Bonchev–Trinajstić information content (AvgIpc) is 3.08. The van der Waals surface area contributed by atoms with E-state index in [0.29, 0.717) is 32.0 Å². The van der Waals surface area contributed by atoms with Gasteiger partial charge >= 0.3 is 0 Å². The summed E-state index contributed by atoms with van der Waals surface area (Å²) in [5, 5.41) is 13.1. The van der Waals surface area contributed by atoms with Crippen molar-refractivity contribution in [2.45, 2.75) is 104 Å². The van der Waals surface area contributed by atoms with Gasteiger partial charge in [-0.15, -0.1) is 0 Å². The van der Waals surface area contributed by atoms with E-state index in [1.807, 2.05) is 19.1 Å². The Morgan fingerprint density at radius 1 is 0.933 bits per heavy atom. The normalized spacial score (nSPS) is 18.6. The molecule has 0 aromatic heterocycles. The van der Waals surface area contributed by atoms with Crippen molar-refractivity contribution in [1.82, 2.24) is 0 Å². The van der Waals surface area contributed by atoms with Crippen molar-refractivity contribution >= 4 is 34.4 Å². The topological polar surface area (TPSA) is 66.4 Å². The molecule has 6 nitrogen and oxygen atoms in total. The summed E-state index contributed by atoms with van der Waals surface area (Å²) >= 11 is 0. The Labute approximate surface area is 271 Å². The Hall–Kier alpha value is -2.95. The second-order valence-electron chi connectivity index (χ2n) is 15.5. The maximum absolute atomic E-state index is 11.0. The van der Waals surface area contributed by atoms with Gasteiger partial charge in [0.1, 0.15) is 28.8 Å². The molecule has 3 aliphatic rings. The standard InChI is InChI=1S/C37H52O6Si2/c1-12-39-26-15-16-28(31(38)22-26)32-20-25-18-27(42-44(8,9)36(2,3)4)21-29-34(30(25)23-41-32)33(43-45(10,11)37(5,6)7)19-24-14-13-17-40-35(24)29/h14-16,18-19,21-22,32,38H,12-13,17,20,23H2,1-11H3/t32-/m0/s1. The summed E-state index contributed by atoms with van der Waals surface area (Å²) in [6.45, 7) is 26.2. The molecule has 0 amide bonds. The molecule has 1 aliphatic carbocycles. The van der Waals surface area contributed by atoms with Gasteiger partial charge in [0, 0.05) is 40.5 Å². The van der Waals surface area contributed by atoms with Gasteiger partial charge in [-0.1, -0.05) is 47.6 Å². The lowest BCUT2D eigenvalue weighted by Crippen LogP contribution is -2.45. The van der Waals surface area contributed by atoms with Crippen LogP contribution in [0.1, 0.15) is 78.5 Å². The quantitative estimate of drug-likeness (QED) is 0.305. The molecule has 2 heterocycles. The largest absolute Gasteiger partial charge is 0.543 e. The Balaban J connectivity index is 1.73. The number of ether oxygens (including phenoxy) is 3. The third kappa shape index (κ3) is 6.65. The number of phenolic OH excluding ortho intramolecular Hbond substituents is 1. The van der Waals surface area contributed by atoms with Crippen molar-refractivity contribution in [3.05, 3.63) is 63.2 Å².